The van der Waals surface area contributed by atoms with Gasteiger partial charge in [-0.1, -0.05) is 83.3 Å². The van der Waals surface area contributed by atoms with E-state index in [1.807, 2.05) is 0 Å². The van der Waals surface area contributed by atoms with Crippen molar-refractivity contribution in [3.63, 3.8) is 0 Å². The molecule has 146 valence electrons. The van der Waals surface area contributed by atoms with Crippen molar-refractivity contribution in [2.24, 2.45) is 0 Å². The van der Waals surface area contributed by atoms with Gasteiger partial charge in [-0.05, 0) is 32.1 Å². The van der Waals surface area contributed by atoms with Gasteiger partial charge >= 0.3 is 0 Å². The summed E-state index contributed by atoms with van der Waals surface area (Å²) in [5.74, 6) is -0.198. The molecule has 0 aromatic heterocycles. The molecule has 0 aromatic carbocycles. The molecule has 0 aliphatic rings. The molecule has 4 nitrogen and oxygen atoms in total. The lowest BCUT2D eigenvalue weighted by Gasteiger charge is -2.05. The van der Waals surface area contributed by atoms with Crippen LogP contribution in [-0.2, 0) is 10.1 Å². The molecule has 0 unspecified atom stereocenters. The Labute approximate surface area is 150 Å². The van der Waals surface area contributed by atoms with E-state index in [2.05, 4.69) is 19.1 Å². The zero-order valence-electron chi connectivity index (χ0n) is 16.1. The van der Waals surface area contributed by atoms with E-state index in [0.29, 0.717) is 6.42 Å². The van der Waals surface area contributed by atoms with E-state index in [4.69, 9.17) is 0 Å². The van der Waals surface area contributed by atoms with Crippen molar-refractivity contribution < 1.29 is 13.0 Å². The van der Waals surface area contributed by atoms with Crippen molar-refractivity contribution in [1.82, 2.24) is 6.15 Å². The zero-order chi connectivity index (χ0) is 17.2. The summed E-state index contributed by atoms with van der Waals surface area (Å²) in [6.07, 6.45) is 22.6. The van der Waals surface area contributed by atoms with Crippen LogP contribution in [0, 0.1) is 0 Å². The van der Waals surface area contributed by atoms with Gasteiger partial charge < -0.3 is 10.7 Å². The Morgan fingerprint density at radius 3 is 1.46 bits per heavy atom. The fourth-order valence-electron chi connectivity index (χ4n) is 2.70. The Hall–Kier alpha value is -0.390. The van der Waals surface area contributed by atoms with Crippen LogP contribution < -0.4 is 6.15 Å². The molecule has 0 bridgehead atoms. The third kappa shape index (κ3) is 23.9. The first kappa shape index (κ1) is 25.8. The van der Waals surface area contributed by atoms with Crippen LogP contribution in [0.25, 0.3) is 0 Å². The summed E-state index contributed by atoms with van der Waals surface area (Å²) in [6.45, 7) is 2.25. The predicted octanol–water partition coefficient (Wildman–Crippen LogP) is 6.34. The van der Waals surface area contributed by atoms with Gasteiger partial charge in [0.15, 0.2) is 0 Å². The van der Waals surface area contributed by atoms with E-state index in [9.17, 15) is 13.0 Å². The van der Waals surface area contributed by atoms with Crippen LogP contribution >= 0.6 is 0 Å². The SMILES string of the molecule is CCCCCCCC/C=C\CCCCCCCCCS(=O)(=O)[O-].[NH4+]. The number of hydrogen-bond donors (Lipinski definition) is 1. The molecule has 0 aliphatic heterocycles. The van der Waals surface area contributed by atoms with Gasteiger partial charge in [-0.15, -0.1) is 0 Å². The maximum Gasteiger partial charge on any atom is 0.0945 e. The maximum atomic E-state index is 10.4. The number of unbranched alkanes of at least 4 members (excludes halogenated alkanes) is 13. The predicted molar refractivity (Wildman–Crippen MR) is 105 cm³/mol. The van der Waals surface area contributed by atoms with E-state index < -0.39 is 10.1 Å². The lowest BCUT2D eigenvalue weighted by molar-refractivity contribution is 0.459. The van der Waals surface area contributed by atoms with Gasteiger partial charge in [0.1, 0.15) is 0 Å². The van der Waals surface area contributed by atoms with Gasteiger partial charge in [0, 0.05) is 5.75 Å². The summed E-state index contributed by atoms with van der Waals surface area (Å²) in [7, 11) is -4.00. The molecule has 0 aromatic rings. The number of quaternary nitrogens is 1. The summed E-state index contributed by atoms with van der Waals surface area (Å²) in [6, 6.07) is 0. The highest BCUT2D eigenvalue weighted by Crippen LogP contribution is 2.10. The summed E-state index contributed by atoms with van der Waals surface area (Å²) < 4.78 is 31.3. The van der Waals surface area contributed by atoms with E-state index >= 15 is 0 Å². The highest BCUT2D eigenvalue weighted by molar-refractivity contribution is 7.85. The minimum atomic E-state index is -4.00. The van der Waals surface area contributed by atoms with E-state index in [1.54, 1.807) is 0 Å². The minimum absolute atomic E-state index is 0. The van der Waals surface area contributed by atoms with Crippen molar-refractivity contribution in [2.45, 2.75) is 103 Å². The molecule has 0 atom stereocenters. The zero-order valence-corrected chi connectivity index (χ0v) is 16.9. The molecule has 0 radical (unpaired) electrons. The fourth-order valence-corrected chi connectivity index (χ4v) is 3.26. The Bertz CT molecular complexity index is 367. The van der Waals surface area contributed by atoms with Gasteiger partial charge in [-0.2, -0.15) is 0 Å². The lowest BCUT2D eigenvalue weighted by Crippen LogP contribution is -2.03. The van der Waals surface area contributed by atoms with Crippen LogP contribution in [-0.4, -0.2) is 18.7 Å². The minimum Gasteiger partial charge on any atom is -0.748 e. The molecule has 0 fully saturated rings. The Balaban J connectivity index is 0. The van der Waals surface area contributed by atoms with E-state index in [-0.39, 0.29) is 11.9 Å². The van der Waals surface area contributed by atoms with E-state index in [1.165, 1.54) is 70.6 Å². The second-order valence-electron chi connectivity index (χ2n) is 6.55. The quantitative estimate of drug-likeness (QED) is 0.186. The van der Waals surface area contributed by atoms with Crippen molar-refractivity contribution in [3.05, 3.63) is 12.2 Å². The van der Waals surface area contributed by atoms with Gasteiger partial charge in [0.2, 0.25) is 0 Å². The maximum absolute atomic E-state index is 10.4. The first-order valence-corrected chi connectivity index (χ1v) is 11.2. The average molecular weight is 364 g/mol. The molecule has 0 rings (SSSR count). The standard InChI is InChI=1S/C19H38O3S.H3N/c1-2-3-4-5-6-7-8-9-10-11-12-13-14-15-16-17-18-19-23(20,21)22;/h9-10H,2-8,11-19H2,1H3,(H,20,21,22);1H3/b10-9-;. The largest absolute Gasteiger partial charge is 0.748 e. The normalized spacial score (nSPS) is 11.8. The van der Waals surface area contributed by atoms with E-state index in [0.717, 1.165) is 19.3 Å². The van der Waals surface area contributed by atoms with Gasteiger partial charge in [0.05, 0.1) is 10.1 Å². The topological polar surface area (TPSA) is 93.7 Å². The highest BCUT2D eigenvalue weighted by Gasteiger charge is 1.96. The van der Waals surface area contributed by atoms with Crippen molar-refractivity contribution in [2.75, 3.05) is 5.75 Å². The second-order valence-corrected chi connectivity index (χ2v) is 8.08. The van der Waals surface area contributed by atoms with Crippen LogP contribution in [0.15, 0.2) is 12.2 Å². The average Bonchev–Trinajstić information content (AvgIpc) is 2.49. The second kappa shape index (κ2) is 18.9. The first-order valence-electron chi connectivity index (χ1n) is 9.65. The summed E-state index contributed by atoms with van der Waals surface area (Å²) in [5.41, 5.74) is 0. The van der Waals surface area contributed by atoms with Crippen molar-refractivity contribution >= 4 is 10.1 Å². The molecule has 0 saturated heterocycles. The van der Waals surface area contributed by atoms with Gasteiger partial charge in [-0.3, -0.25) is 0 Å². The molecule has 24 heavy (non-hydrogen) atoms. The Kier molecular flexibility index (Phi) is 20.4. The van der Waals surface area contributed by atoms with Crippen LogP contribution in [0.2, 0.25) is 0 Å². The molecule has 0 saturated carbocycles. The highest BCUT2D eigenvalue weighted by atomic mass is 32.2. The van der Waals surface area contributed by atoms with Crippen LogP contribution in [0.1, 0.15) is 103 Å². The van der Waals surface area contributed by atoms with Crippen molar-refractivity contribution in [1.29, 1.82) is 0 Å². The Morgan fingerprint density at radius 2 is 1.04 bits per heavy atom. The first-order chi connectivity index (χ1) is 11.1. The number of hydrogen-bond acceptors (Lipinski definition) is 3. The molecule has 0 spiro atoms. The monoisotopic (exact) mass is 363 g/mol. The van der Waals surface area contributed by atoms with Crippen LogP contribution in [0.4, 0.5) is 0 Å². The molecule has 0 amide bonds. The summed E-state index contributed by atoms with van der Waals surface area (Å²) >= 11 is 0. The van der Waals surface area contributed by atoms with Crippen LogP contribution in [0.3, 0.4) is 0 Å². The molecule has 5 heteroatoms. The summed E-state index contributed by atoms with van der Waals surface area (Å²) in [4.78, 5) is 0. The smallest absolute Gasteiger partial charge is 0.0945 e. The van der Waals surface area contributed by atoms with Crippen LogP contribution in [0.5, 0.6) is 0 Å². The van der Waals surface area contributed by atoms with Gasteiger partial charge in [0.25, 0.3) is 0 Å². The third-order valence-electron chi connectivity index (χ3n) is 4.16. The number of rotatable bonds is 17. The molecular weight excluding hydrogens is 322 g/mol. The van der Waals surface area contributed by atoms with Gasteiger partial charge in [-0.25, -0.2) is 8.42 Å². The molecule has 4 N–H and O–H groups in total. The lowest BCUT2D eigenvalue weighted by atomic mass is 10.1. The number of allylic oxidation sites excluding steroid dienone is 2. The third-order valence-corrected chi connectivity index (χ3v) is 4.94. The molecule has 0 heterocycles. The molecular formula is C19H41NO3S. The fraction of sp³-hybridized carbons (Fsp3) is 0.895. The summed E-state index contributed by atoms with van der Waals surface area (Å²) in [5, 5.41) is 0. The Morgan fingerprint density at radius 1 is 0.667 bits per heavy atom. The molecule has 0 aliphatic carbocycles. The van der Waals surface area contributed by atoms with Crippen molar-refractivity contribution in [3.8, 4) is 0 Å².